The molecule has 11 nitrogen and oxygen atoms in total. The number of ether oxygens (including phenoxy) is 2. The maximum Gasteiger partial charge on any atom is 0.286 e. The number of hydrogen-bond donors (Lipinski definition) is 4. The number of benzene rings is 2. The molecule has 0 fully saturated rings. The first kappa shape index (κ1) is 32.6. The van der Waals surface area contributed by atoms with Crippen molar-refractivity contribution in [2.75, 3.05) is 30.8 Å². The molecule has 3 atom stereocenters. The topological polar surface area (TPSA) is 150 Å². The van der Waals surface area contributed by atoms with Crippen molar-refractivity contribution in [3.8, 4) is 5.69 Å². The van der Waals surface area contributed by atoms with Gasteiger partial charge in [0.1, 0.15) is 0 Å². The molecule has 1 aliphatic heterocycles. The number of nitrogen functional groups attached to an aromatic ring is 1. The number of amides is 2. The Morgan fingerprint density at radius 3 is 2.50 bits per heavy atom. The fourth-order valence-electron chi connectivity index (χ4n) is 5.59. The Kier molecular flexibility index (Phi) is 11.4. The average molecular weight is 606 g/mol. The maximum absolute atomic E-state index is 13.9. The summed E-state index contributed by atoms with van der Waals surface area (Å²) >= 11 is 0. The van der Waals surface area contributed by atoms with E-state index in [0.717, 1.165) is 11.4 Å². The van der Waals surface area contributed by atoms with Crippen molar-refractivity contribution in [1.29, 1.82) is 0 Å². The molecule has 0 bridgehead atoms. The monoisotopic (exact) mass is 605 g/mol. The van der Waals surface area contributed by atoms with Crippen LogP contribution in [0, 0.1) is 12.8 Å². The molecule has 2 aromatic carbocycles. The van der Waals surface area contributed by atoms with Crippen LogP contribution in [-0.4, -0.2) is 52.3 Å². The third kappa shape index (κ3) is 7.59. The van der Waals surface area contributed by atoms with Crippen LogP contribution in [0.3, 0.4) is 0 Å². The quantitative estimate of drug-likeness (QED) is 0.162. The van der Waals surface area contributed by atoms with Crippen LogP contribution in [0.2, 0.25) is 0 Å². The van der Waals surface area contributed by atoms with Gasteiger partial charge in [-0.25, -0.2) is 4.68 Å². The van der Waals surface area contributed by atoms with Gasteiger partial charge in [0.15, 0.2) is 5.76 Å². The Labute approximate surface area is 257 Å². The number of nitrogens with two attached hydrogens (primary N) is 1. The molecule has 3 aromatic rings. The highest BCUT2D eigenvalue weighted by Gasteiger charge is 2.40. The molecule has 1 aliphatic rings. The van der Waals surface area contributed by atoms with Crippen molar-refractivity contribution in [3.05, 3.63) is 88.0 Å². The smallest absolute Gasteiger partial charge is 0.286 e. The highest BCUT2D eigenvalue weighted by molar-refractivity contribution is 5.93. The molecule has 11 heteroatoms. The predicted octanol–water partition coefficient (Wildman–Crippen LogP) is 3.74. The number of hydrogen-bond acceptors (Lipinski definition) is 7. The lowest BCUT2D eigenvalue weighted by molar-refractivity contribution is -0.166. The lowest BCUT2D eigenvalue weighted by Gasteiger charge is -2.36. The van der Waals surface area contributed by atoms with Gasteiger partial charge < -0.3 is 30.9 Å². The number of unbranched alkanes of at least 4 members (excludes halogenated alkanes) is 1. The average Bonchev–Trinajstić information content (AvgIpc) is 3.24. The number of aliphatic hydroxyl groups excluding tert-OH is 1. The van der Waals surface area contributed by atoms with E-state index in [2.05, 4.69) is 10.6 Å². The molecule has 0 saturated heterocycles. The van der Waals surface area contributed by atoms with Crippen LogP contribution in [0.1, 0.15) is 56.2 Å². The van der Waals surface area contributed by atoms with Gasteiger partial charge in [0, 0.05) is 56.3 Å². The Balaban J connectivity index is 1.50. The van der Waals surface area contributed by atoms with Crippen molar-refractivity contribution in [3.63, 3.8) is 0 Å². The first-order chi connectivity index (χ1) is 21.3. The molecular formula is C33H43N5O6. The molecule has 44 heavy (non-hydrogen) atoms. The van der Waals surface area contributed by atoms with Crippen LogP contribution in [0.25, 0.3) is 5.69 Å². The number of nitrogens with zero attached hydrogens (tertiary/aromatic N) is 2. The number of carbonyl (C=O) groups is 2. The first-order valence-corrected chi connectivity index (χ1v) is 15.1. The maximum atomic E-state index is 13.9. The minimum atomic E-state index is -0.777. The SMILES string of the molecule is CCO[C@@H]1OC(C(=O)NCCCCC(=O)Nc2ccccc2N)=C[C@H](c2c(C)n(C)n(-c3ccccc3)c2=O)[C@H]1CCCO. The number of aromatic nitrogens is 2. The van der Waals surface area contributed by atoms with E-state index < -0.39 is 18.1 Å². The van der Waals surface area contributed by atoms with Crippen molar-refractivity contribution in [2.24, 2.45) is 13.0 Å². The van der Waals surface area contributed by atoms with Gasteiger partial charge in [0.05, 0.1) is 17.1 Å². The molecule has 4 rings (SSSR count). The van der Waals surface area contributed by atoms with E-state index in [1.807, 2.05) is 55.9 Å². The summed E-state index contributed by atoms with van der Waals surface area (Å²) in [7, 11) is 1.84. The summed E-state index contributed by atoms with van der Waals surface area (Å²) in [4.78, 5) is 39.6. The number of carbonyl (C=O) groups excluding carboxylic acids is 2. The summed E-state index contributed by atoms with van der Waals surface area (Å²) in [5.74, 6) is -1.26. The Bertz CT molecular complexity index is 1510. The minimum absolute atomic E-state index is 0.0160. The number of nitrogens with one attached hydrogen (secondary N) is 2. The van der Waals surface area contributed by atoms with Gasteiger partial charge >= 0.3 is 0 Å². The summed E-state index contributed by atoms with van der Waals surface area (Å²) in [6, 6.07) is 16.5. The fraction of sp³-hybridized carbons (Fsp3) is 0.424. The lowest BCUT2D eigenvalue weighted by atomic mass is 9.80. The van der Waals surface area contributed by atoms with Gasteiger partial charge in [-0.2, -0.15) is 0 Å². The first-order valence-electron chi connectivity index (χ1n) is 15.1. The van der Waals surface area contributed by atoms with Crippen LogP contribution in [0.5, 0.6) is 0 Å². The van der Waals surface area contributed by atoms with Crippen LogP contribution >= 0.6 is 0 Å². The molecule has 5 N–H and O–H groups in total. The van der Waals surface area contributed by atoms with E-state index in [1.54, 1.807) is 35.0 Å². The number of aliphatic hydroxyl groups is 1. The second kappa shape index (κ2) is 15.4. The van der Waals surface area contributed by atoms with E-state index >= 15 is 0 Å². The second-order valence-corrected chi connectivity index (χ2v) is 10.9. The molecule has 0 unspecified atom stereocenters. The van der Waals surface area contributed by atoms with Crippen LogP contribution in [0.4, 0.5) is 11.4 Å². The normalized spacial score (nSPS) is 17.9. The highest BCUT2D eigenvalue weighted by atomic mass is 16.7. The van der Waals surface area contributed by atoms with Gasteiger partial charge in [0.2, 0.25) is 12.2 Å². The Hall–Kier alpha value is -4.35. The minimum Gasteiger partial charge on any atom is -0.459 e. The third-order valence-electron chi connectivity index (χ3n) is 7.92. The number of allylic oxidation sites excluding steroid dienone is 1. The van der Waals surface area contributed by atoms with Gasteiger partial charge in [0.25, 0.3) is 11.5 Å². The molecule has 0 radical (unpaired) electrons. The largest absolute Gasteiger partial charge is 0.459 e. The van der Waals surface area contributed by atoms with Crippen LogP contribution in [0.15, 0.2) is 71.2 Å². The van der Waals surface area contributed by atoms with Gasteiger partial charge in [-0.05, 0) is 69.9 Å². The van der Waals surface area contributed by atoms with Crippen molar-refractivity contribution in [1.82, 2.24) is 14.7 Å². The van der Waals surface area contributed by atoms with E-state index in [1.165, 1.54) is 0 Å². The van der Waals surface area contributed by atoms with E-state index in [9.17, 15) is 19.5 Å². The molecule has 2 amide bonds. The molecule has 0 saturated carbocycles. The van der Waals surface area contributed by atoms with Crippen molar-refractivity contribution >= 4 is 23.2 Å². The van der Waals surface area contributed by atoms with Gasteiger partial charge in [-0.15, -0.1) is 0 Å². The van der Waals surface area contributed by atoms with Crippen LogP contribution < -0.4 is 21.9 Å². The Morgan fingerprint density at radius 2 is 1.80 bits per heavy atom. The Morgan fingerprint density at radius 1 is 1.07 bits per heavy atom. The summed E-state index contributed by atoms with van der Waals surface area (Å²) in [5, 5.41) is 15.3. The zero-order valence-electron chi connectivity index (χ0n) is 25.6. The number of anilines is 2. The standard InChI is InChI=1S/C33H43N5O6/c1-4-43-33-24(15-12-20-39)25(30-22(2)37(3)38(32(30)42)23-13-6-5-7-14-23)21-28(44-33)31(41)35-19-11-10-18-29(40)36-27-17-9-8-16-26(27)34/h5-9,13-14,16-17,21,24-25,33,39H,4,10-12,15,18-20,34H2,1-3H3,(H,35,41)(H,36,40)/t24-,25+,33-/m1/s1. The third-order valence-corrected chi connectivity index (χ3v) is 7.92. The number of para-hydroxylation sites is 3. The number of rotatable bonds is 14. The fourth-order valence-corrected chi connectivity index (χ4v) is 5.59. The predicted molar refractivity (Wildman–Crippen MR) is 169 cm³/mol. The van der Waals surface area contributed by atoms with Gasteiger partial charge in [-0.1, -0.05) is 30.3 Å². The van der Waals surface area contributed by atoms with Crippen molar-refractivity contribution in [2.45, 2.75) is 58.2 Å². The summed E-state index contributed by atoms with van der Waals surface area (Å²) < 4.78 is 15.5. The lowest BCUT2D eigenvalue weighted by Crippen LogP contribution is -2.40. The summed E-state index contributed by atoms with van der Waals surface area (Å²) in [6.07, 6.45) is 3.39. The zero-order chi connectivity index (χ0) is 31.6. The highest BCUT2D eigenvalue weighted by Crippen LogP contribution is 2.39. The van der Waals surface area contributed by atoms with Crippen LogP contribution in [-0.2, 0) is 26.1 Å². The van der Waals surface area contributed by atoms with Crippen molar-refractivity contribution < 1.29 is 24.2 Å². The second-order valence-electron chi connectivity index (χ2n) is 10.9. The zero-order valence-corrected chi connectivity index (χ0v) is 25.6. The molecule has 0 aliphatic carbocycles. The van der Waals surface area contributed by atoms with E-state index in [0.29, 0.717) is 55.8 Å². The van der Waals surface area contributed by atoms with E-state index in [-0.39, 0.29) is 36.2 Å². The summed E-state index contributed by atoms with van der Waals surface area (Å²) in [6.45, 7) is 4.40. The molecule has 0 spiro atoms. The van der Waals surface area contributed by atoms with Gasteiger partial charge in [-0.3, -0.25) is 19.1 Å². The molecule has 2 heterocycles. The molecule has 1 aromatic heterocycles. The van der Waals surface area contributed by atoms with E-state index in [4.69, 9.17) is 15.2 Å². The summed E-state index contributed by atoms with van der Waals surface area (Å²) in [5.41, 5.74) is 8.84. The molecular weight excluding hydrogens is 562 g/mol. The molecule has 236 valence electrons.